The molecule has 0 saturated heterocycles. The number of phenolic OH excluding ortho intramolecular Hbond substituents is 1. The molecule has 15 heavy (non-hydrogen) atoms. The van der Waals surface area contributed by atoms with Crippen LogP contribution in [0.2, 0.25) is 0 Å². The molecule has 0 radical (unpaired) electrons. The van der Waals surface area contributed by atoms with Crippen molar-refractivity contribution >= 4 is 0 Å². The Kier molecular flexibility index (Phi) is 3.12. The van der Waals surface area contributed by atoms with Crippen LogP contribution in [-0.4, -0.2) is 19.3 Å². The van der Waals surface area contributed by atoms with Crippen molar-refractivity contribution in [3.63, 3.8) is 0 Å². The molecule has 0 atom stereocenters. The van der Waals surface area contributed by atoms with Gasteiger partial charge in [-0.1, -0.05) is 26.8 Å². The van der Waals surface area contributed by atoms with Gasteiger partial charge >= 0.3 is 0 Å². The lowest BCUT2D eigenvalue weighted by molar-refractivity contribution is 0.332. The van der Waals surface area contributed by atoms with E-state index in [1.807, 2.05) is 6.07 Å². The van der Waals surface area contributed by atoms with Crippen molar-refractivity contribution in [2.75, 3.05) is 14.2 Å². The van der Waals surface area contributed by atoms with Crippen molar-refractivity contribution in [3.8, 4) is 17.2 Å². The standard InChI is InChI=1S/C12H18O3/c1-12(2,3)8-6-7-9(14-4)10(13)11(8)15-5/h6-7,13H,1-5H3. The Morgan fingerprint density at radius 1 is 1.07 bits per heavy atom. The summed E-state index contributed by atoms with van der Waals surface area (Å²) in [4.78, 5) is 0. The quantitative estimate of drug-likeness (QED) is 0.815. The maximum absolute atomic E-state index is 9.88. The molecular weight excluding hydrogens is 192 g/mol. The third kappa shape index (κ3) is 2.17. The van der Waals surface area contributed by atoms with Crippen LogP contribution in [0.1, 0.15) is 26.3 Å². The number of methoxy groups -OCH3 is 2. The Balaban J connectivity index is 3.38. The number of aromatic hydroxyl groups is 1. The maximum Gasteiger partial charge on any atom is 0.201 e. The Morgan fingerprint density at radius 3 is 2.07 bits per heavy atom. The molecule has 0 aliphatic heterocycles. The van der Waals surface area contributed by atoms with Crippen molar-refractivity contribution in [3.05, 3.63) is 17.7 Å². The molecule has 0 unspecified atom stereocenters. The molecule has 1 aromatic rings. The van der Waals surface area contributed by atoms with Gasteiger partial charge < -0.3 is 14.6 Å². The van der Waals surface area contributed by atoms with E-state index in [1.54, 1.807) is 13.2 Å². The van der Waals surface area contributed by atoms with E-state index < -0.39 is 0 Å². The average Bonchev–Trinajstić information content (AvgIpc) is 2.15. The van der Waals surface area contributed by atoms with Gasteiger partial charge in [0.1, 0.15) is 0 Å². The summed E-state index contributed by atoms with van der Waals surface area (Å²) in [5.74, 6) is 0.981. The predicted octanol–water partition coefficient (Wildman–Crippen LogP) is 2.71. The van der Waals surface area contributed by atoms with Gasteiger partial charge in [0.2, 0.25) is 5.75 Å². The second kappa shape index (κ2) is 4.01. The van der Waals surface area contributed by atoms with E-state index in [9.17, 15) is 5.11 Å². The summed E-state index contributed by atoms with van der Waals surface area (Å²) in [6, 6.07) is 3.66. The zero-order valence-corrected chi connectivity index (χ0v) is 9.92. The van der Waals surface area contributed by atoms with E-state index in [2.05, 4.69) is 20.8 Å². The van der Waals surface area contributed by atoms with E-state index >= 15 is 0 Å². The first-order chi connectivity index (χ1) is 6.91. The van der Waals surface area contributed by atoms with Gasteiger partial charge in [-0.2, -0.15) is 0 Å². The minimum Gasteiger partial charge on any atom is -0.502 e. The van der Waals surface area contributed by atoms with E-state index in [0.29, 0.717) is 11.5 Å². The van der Waals surface area contributed by atoms with Crippen LogP contribution in [0.3, 0.4) is 0 Å². The third-order valence-corrected chi connectivity index (χ3v) is 2.33. The van der Waals surface area contributed by atoms with Gasteiger partial charge in [0.25, 0.3) is 0 Å². The molecule has 3 heteroatoms. The van der Waals surface area contributed by atoms with Crippen LogP contribution in [0, 0.1) is 0 Å². The Morgan fingerprint density at radius 2 is 1.67 bits per heavy atom. The summed E-state index contributed by atoms with van der Waals surface area (Å²) in [6.45, 7) is 6.20. The minimum absolute atomic E-state index is 0.0624. The topological polar surface area (TPSA) is 38.7 Å². The summed E-state index contributed by atoms with van der Waals surface area (Å²) >= 11 is 0. The second-order valence-corrected chi connectivity index (χ2v) is 4.45. The fourth-order valence-electron chi connectivity index (χ4n) is 1.52. The van der Waals surface area contributed by atoms with E-state index in [-0.39, 0.29) is 11.2 Å². The minimum atomic E-state index is -0.0743. The van der Waals surface area contributed by atoms with Gasteiger partial charge in [-0.05, 0) is 11.5 Å². The van der Waals surface area contributed by atoms with Crippen molar-refractivity contribution in [2.45, 2.75) is 26.2 Å². The molecule has 0 aromatic heterocycles. The largest absolute Gasteiger partial charge is 0.502 e. The molecular formula is C12H18O3. The lowest BCUT2D eigenvalue weighted by atomic mass is 9.86. The van der Waals surface area contributed by atoms with Gasteiger partial charge in [0.05, 0.1) is 14.2 Å². The van der Waals surface area contributed by atoms with Gasteiger partial charge in [0, 0.05) is 5.56 Å². The number of hydrogen-bond donors (Lipinski definition) is 1. The van der Waals surface area contributed by atoms with Crippen molar-refractivity contribution < 1.29 is 14.6 Å². The number of phenols is 1. The van der Waals surface area contributed by atoms with Gasteiger partial charge in [-0.15, -0.1) is 0 Å². The van der Waals surface area contributed by atoms with Crippen molar-refractivity contribution in [1.82, 2.24) is 0 Å². The average molecular weight is 210 g/mol. The maximum atomic E-state index is 9.88. The lowest BCUT2D eigenvalue weighted by Crippen LogP contribution is -2.12. The van der Waals surface area contributed by atoms with Crippen LogP contribution in [0.25, 0.3) is 0 Å². The van der Waals surface area contributed by atoms with Gasteiger partial charge in [-0.3, -0.25) is 0 Å². The molecule has 0 heterocycles. The molecule has 1 aromatic carbocycles. The molecule has 0 amide bonds. The van der Waals surface area contributed by atoms with Gasteiger partial charge in [0.15, 0.2) is 11.5 Å². The van der Waals surface area contributed by atoms with E-state index in [1.165, 1.54) is 7.11 Å². The van der Waals surface area contributed by atoms with Crippen LogP contribution in [-0.2, 0) is 5.41 Å². The van der Waals surface area contributed by atoms with Crippen LogP contribution in [0.5, 0.6) is 17.2 Å². The molecule has 0 aliphatic carbocycles. The number of benzene rings is 1. The zero-order valence-electron chi connectivity index (χ0n) is 9.92. The smallest absolute Gasteiger partial charge is 0.201 e. The first-order valence-electron chi connectivity index (χ1n) is 4.86. The summed E-state index contributed by atoms with van der Waals surface area (Å²) < 4.78 is 10.2. The van der Waals surface area contributed by atoms with Gasteiger partial charge in [-0.25, -0.2) is 0 Å². The predicted molar refractivity (Wildman–Crippen MR) is 59.9 cm³/mol. The monoisotopic (exact) mass is 210 g/mol. The molecule has 1 rings (SSSR count). The highest BCUT2D eigenvalue weighted by Gasteiger charge is 2.23. The molecule has 0 bridgehead atoms. The molecule has 0 saturated carbocycles. The normalized spacial score (nSPS) is 11.3. The van der Waals surface area contributed by atoms with Crippen LogP contribution in [0.4, 0.5) is 0 Å². The highest BCUT2D eigenvalue weighted by molar-refractivity contribution is 5.56. The summed E-state index contributed by atoms with van der Waals surface area (Å²) in [7, 11) is 3.06. The fourth-order valence-corrected chi connectivity index (χ4v) is 1.52. The third-order valence-electron chi connectivity index (χ3n) is 2.33. The Hall–Kier alpha value is -1.38. The summed E-state index contributed by atoms with van der Waals surface area (Å²) in [5, 5.41) is 9.88. The zero-order chi connectivity index (χ0) is 11.6. The molecule has 3 nitrogen and oxygen atoms in total. The van der Waals surface area contributed by atoms with Crippen molar-refractivity contribution in [1.29, 1.82) is 0 Å². The Labute approximate surface area is 90.6 Å². The molecule has 0 aliphatic rings. The van der Waals surface area contributed by atoms with Crippen LogP contribution < -0.4 is 9.47 Å². The molecule has 1 N–H and O–H groups in total. The SMILES string of the molecule is COc1ccc(C(C)(C)C)c(OC)c1O. The van der Waals surface area contributed by atoms with Crippen LogP contribution in [0.15, 0.2) is 12.1 Å². The fraction of sp³-hybridized carbons (Fsp3) is 0.500. The molecule has 0 spiro atoms. The highest BCUT2D eigenvalue weighted by atomic mass is 16.5. The summed E-state index contributed by atoms with van der Waals surface area (Å²) in [5.41, 5.74) is 0.887. The van der Waals surface area contributed by atoms with E-state index in [4.69, 9.17) is 9.47 Å². The summed E-state index contributed by atoms with van der Waals surface area (Å²) in [6.07, 6.45) is 0. The van der Waals surface area contributed by atoms with Crippen molar-refractivity contribution in [2.24, 2.45) is 0 Å². The number of rotatable bonds is 2. The van der Waals surface area contributed by atoms with E-state index in [0.717, 1.165) is 5.56 Å². The number of hydrogen-bond acceptors (Lipinski definition) is 3. The molecule has 0 fully saturated rings. The first-order valence-corrected chi connectivity index (χ1v) is 4.86. The Bertz CT molecular complexity index is 351. The second-order valence-electron chi connectivity index (χ2n) is 4.45. The number of ether oxygens (including phenoxy) is 2. The first kappa shape index (κ1) is 11.7. The van der Waals surface area contributed by atoms with Crippen LogP contribution >= 0.6 is 0 Å². The lowest BCUT2D eigenvalue weighted by Gasteiger charge is -2.23. The molecule has 84 valence electrons. The highest BCUT2D eigenvalue weighted by Crippen LogP contribution is 2.43.